The van der Waals surface area contributed by atoms with Gasteiger partial charge in [0.05, 0.1) is 7.18 Å². The lowest BCUT2D eigenvalue weighted by Gasteiger charge is -1.69. The van der Waals surface area contributed by atoms with Crippen molar-refractivity contribution < 1.29 is 19.5 Å². The fraction of sp³-hybridized carbons (Fsp3) is 1.00. The molecule has 0 saturated carbocycles. The first kappa shape index (κ1) is 15.8. The summed E-state index contributed by atoms with van der Waals surface area (Å²) in [6.45, 7) is 0. The summed E-state index contributed by atoms with van der Waals surface area (Å²) in [5, 5.41) is 21.5. The summed E-state index contributed by atoms with van der Waals surface area (Å²) in [7, 11) is -1.67. The standard InChI is InChI=1S/CH3F.BH3O3.H3N/c1-2;2-1(3)4;/h1H3;2-4H;1H3. The van der Waals surface area contributed by atoms with Crippen molar-refractivity contribution in [2.24, 2.45) is 0 Å². The molecule has 0 saturated heterocycles. The fourth-order valence-electron chi connectivity index (χ4n) is 0. The van der Waals surface area contributed by atoms with Gasteiger partial charge in [0.2, 0.25) is 0 Å². The number of hydrogen-bond donors (Lipinski definition) is 4. The summed E-state index contributed by atoms with van der Waals surface area (Å²) in [4.78, 5) is 0. The smallest absolute Gasteiger partial charge is 0.402 e. The Kier molecular flexibility index (Phi) is 38.4. The highest BCUT2D eigenvalue weighted by Crippen LogP contribution is 1.40. The Morgan fingerprint density at radius 2 is 1.14 bits per heavy atom. The Morgan fingerprint density at radius 1 is 1.14 bits per heavy atom. The van der Waals surface area contributed by atoms with E-state index in [1.807, 2.05) is 0 Å². The Bertz CT molecular complexity index is 19.7. The van der Waals surface area contributed by atoms with Crippen molar-refractivity contribution >= 4 is 7.32 Å². The largest absolute Gasteiger partial charge is 0.631 e. The van der Waals surface area contributed by atoms with Crippen molar-refractivity contribution in [3.05, 3.63) is 0 Å². The van der Waals surface area contributed by atoms with Crippen LogP contribution in [0.2, 0.25) is 0 Å². The van der Waals surface area contributed by atoms with E-state index >= 15 is 0 Å². The minimum absolute atomic E-state index is 0. The Labute approximate surface area is 41.4 Å². The topological polar surface area (TPSA) is 95.7 Å². The molecule has 0 radical (unpaired) electrons. The predicted molar refractivity (Wildman–Crippen MR) is 24.5 cm³/mol. The quantitative estimate of drug-likeness (QED) is 0.293. The van der Waals surface area contributed by atoms with Gasteiger partial charge in [0.15, 0.2) is 0 Å². The average molecular weight is 113 g/mol. The van der Waals surface area contributed by atoms with Crippen molar-refractivity contribution in [1.29, 1.82) is 0 Å². The molecule has 0 aromatic heterocycles. The minimum atomic E-state index is -2.17. The molecule has 6 heteroatoms. The van der Waals surface area contributed by atoms with Crippen LogP contribution < -0.4 is 6.15 Å². The van der Waals surface area contributed by atoms with E-state index in [1.165, 1.54) is 0 Å². The van der Waals surface area contributed by atoms with Gasteiger partial charge in [0.1, 0.15) is 0 Å². The molecule has 0 rings (SSSR count). The first-order chi connectivity index (χ1) is 2.73. The van der Waals surface area contributed by atoms with Crippen molar-refractivity contribution in [2.45, 2.75) is 0 Å². The Morgan fingerprint density at radius 3 is 1.14 bits per heavy atom. The summed E-state index contributed by atoms with van der Waals surface area (Å²) in [5.41, 5.74) is 0. The molecule has 0 aromatic carbocycles. The maximum Gasteiger partial charge on any atom is 0.631 e. The number of halogens is 1. The molecular formula is CH9BFNO3. The molecule has 0 aliphatic heterocycles. The second-order valence-electron chi connectivity index (χ2n) is 0.346. The zero-order valence-electron chi connectivity index (χ0n) is 4.00. The summed E-state index contributed by atoms with van der Waals surface area (Å²) < 4.78 is 9.50. The van der Waals surface area contributed by atoms with Crippen LogP contribution in [0.3, 0.4) is 0 Å². The van der Waals surface area contributed by atoms with E-state index in [1.54, 1.807) is 0 Å². The van der Waals surface area contributed by atoms with Crippen LogP contribution in [0.25, 0.3) is 0 Å². The first-order valence-electron chi connectivity index (χ1n) is 1.15. The number of rotatable bonds is 0. The third-order valence-electron chi connectivity index (χ3n) is 0. The van der Waals surface area contributed by atoms with E-state index in [4.69, 9.17) is 15.1 Å². The molecular weight excluding hydrogens is 104 g/mol. The van der Waals surface area contributed by atoms with Gasteiger partial charge in [-0.15, -0.1) is 0 Å². The van der Waals surface area contributed by atoms with Crippen molar-refractivity contribution in [3.63, 3.8) is 0 Å². The lowest BCUT2D eigenvalue weighted by Crippen LogP contribution is -2.07. The molecule has 0 amide bonds. The lowest BCUT2D eigenvalue weighted by atomic mass is 10.3. The van der Waals surface area contributed by atoms with E-state index in [0.29, 0.717) is 7.18 Å². The van der Waals surface area contributed by atoms with E-state index < -0.39 is 7.32 Å². The van der Waals surface area contributed by atoms with Gasteiger partial charge in [-0.25, -0.2) is 0 Å². The van der Waals surface area contributed by atoms with E-state index in [9.17, 15) is 4.39 Å². The van der Waals surface area contributed by atoms with Crippen LogP contribution in [0.1, 0.15) is 0 Å². The lowest BCUT2D eigenvalue weighted by molar-refractivity contribution is 0.278. The summed E-state index contributed by atoms with van der Waals surface area (Å²) in [6, 6.07) is 0. The average Bonchev–Trinajstić information content (AvgIpc) is 1.41. The highest BCUT2D eigenvalue weighted by atomic mass is 19.1. The fourth-order valence-corrected chi connectivity index (χ4v) is 0. The summed E-state index contributed by atoms with van der Waals surface area (Å²) >= 11 is 0. The van der Waals surface area contributed by atoms with E-state index in [0.717, 1.165) is 0 Å². The number of alkyl halides is 1. The molecule has 0 spiro atoms. The third kappa shape index (κ3) is 3150. The van der Waals surface area contributed by atoms with Gasteiger partial charge in [0, 0.05) is 0 Å². The number of hydrogen-bond acceptors (Lipinski definition) is 4. The van der Waals surface area contributed by atoms with Crippen LogP contribution in [0.5, 0.6) is 0 Å². The predicted octanol–water partition coefficient (Wildman–Crippen LogP) is -1.30. The normalized spacial score (nSPS) is 4.71. The maximum atomic E-state index is 9.50. The zero-order chi connectivity index (χ0) is 5.58. The van der Waals surface area contributed by atoms with Crippen molar-refractivity contribution in [2.75, 3.05) is 7.18 Å². The highest BCUT2D eigenvalue weighted by Gasteiger charge is 1.92. The molecule has 0 aromatic rings. The third-order valence-corrected chi connectivity index (χ3v) is 0. The van der Waals surface area contributed by atoms with Gasteiger partial charge in [0.25, 0.3) is 0 Å². The Balaban J connectivity index is -0.0000000480. The van der Waals surface area contributed by atoms with Crippen LogP contribution in [-0.4, -0.2) is 29.6 Å². The minimum Gasteiger partial charge on any atom is -0.402 e. The molecule has 0 atom stereocenters. The second-order valence-corrected chi connectivity index (χ2v) is 0.346. The van der Waals surface area contributed by atoms with Gasteiger partial charge >= 0.3 is 7.32 Å². The van der Waals surface area contributed by atoms with Gasteiger partial charge < -0.3 is 21.2 Å². The molecule has 0 aliphatic rings. The van der Waals surface area contributed by atoms with Gasteiger partial charge in [-0.2, -0.15) is 0 Å². The molecule has 0 aliphatic carbocycles. The molecule has 0 bridgehead atoms. The van der Waals surface area contributed by atoms with Crippen LogP contribution in [0.15, 0.2) is 0 Å². The first-order valence-corrected chi connectivity index (χ1v) is 1.15. The SMILES string of the molecule is CF.N.OB(O)O. The van der Waals surface area contributed by atoms with Gasteiger partial charge in [-0.05, 0) is 0 Å². The van der Waals surface area contributed by atoms with Crippen LogP contribution in [-0.2, 0) is 0 Å². The molecule has 0 heterocycles. The van der Waals surface area contributed by atoms with Crippen molar-refractivity contribution in [3.8, 4) is 0 Å². The molecule has 4 nitrogen and oxygen atoms in total. The van der Waals surface area contributed by atoms with E-state index in [-0.39, 0.29) is 6.15 Å². The second kappa shape index (κ2) is 17.0. The maximum absolute atomic E-state index is 9.50. The van der Waals surface area contributed by atoms with Crippen LogP contribution >= 0.6 is 0 Å². The zero-order valence-corrected chi connectivity index (χ0v) is 4.00. The molecule has 7 heavy (non-hydrogen) atoms. The van der Waals surface area contributed by atoms with Gasteiger partial charge in [-0.1, -0.05) is 0 Å². The van der Waals surface area contributed by atoms with Crippen LogP contribution in [0.4, 0.5) is 4.39 Å². The Hall–Kier alpha value is -0.165. The molecule has 46 valence electrons. The molecule has 6 N–H and O–H groups in total. The van der Waals surface area contributed by atoms with Crippen LogP contribution in [0, 0.1) is 0 Å². The highest BCUT2D eigenvalue weighted by molar-refractivity contribution is 6.30. The molecule has 0 fully saturated rings. The van der Waals surface area contributed by atoms with Gasteiger partial charge in [-0.3, -0.25) is 4.39 Å². The summed E-state index contributed by atoms with van der Waals surface area (Å²) in [6.07, 6.45) is 0. The van der Waals surface area contributed by atoms with E-state index in [2.05, 4.69) is 0 Å². The monoisotopic (exact) mass is 113 g/mol. The molecule has 0 unspecified atom stereocenters. The van der Waals surface area contributed by atoms with Crippen molar-refractivity contribution in [1.82, 2.24) is 6.15 Å². The summed E-state index contributed by atoms with van der Waals surface area (Å²) in [5.74, 6) is 0.